The topological polar surface area (TPSA) is 39.1 Å². The number of rotatable bonds is 6. The van der Waals surface area contributed by atoms with E-state index in [1.807, 2.05) is 90.6 Å². The van der Waals surface area contributed by atoms with Gasteiger partial charge in [-0.05, 0) is 67.7 Å². The van der Waals surface area contributed by atoms with E-state index in [9.17, 15) is 0 Å². The lowest BCUT2D eigenvalue weighted by atomic mass is 10.1. The Balaban J connectivity index is 1.68. The molecule has 0 unspecified atom stereocenters. The van der Waals surface area contributed by atoms with Gasteiger partial charge in [0.1, 0.15) is 11.5 Å². The smallest absolute Gasteiger partial charge is 0.127 e. The molecule has 4 nitrogen and oxygen atoms in total. The summed E-state index contributed by atoms with van der Waals surface area (Å²) in [6.45, 7) is 0.690. The van der Waals surface area contributed by atoms with E-state index in [2.05, 4.69) is 11.4 Å². The van der Waals surface area contributed by atoms with Gasteiger partial charge in [-0.2, -0.15) is 5.10 Å². The summed E-state index contributed by atoms with van der Waals surface area (Å²) in [6.07, 6.45) is 0. The molecule has 4 aromatic rings. The molecule has 3 aromatic carbocycles. The normalized spacial score (nSPS) is 10.8. The summed E-state index contributed by atoms with van der Waals surface area (Å²) in [7, 11) is 1.91. The Labute approximate surface area is 169 Å². The molecule has 0 amide bonds. The maximum atomic E-state index is 6.19. The minimum Gasteiger partial charge on any atom is -0.457 e. The quantitative estimate of drug-likeness (QED) is 0.459. The zero-order chi connectivity index (χ0) is 19.3. The van der Waals surface area contributed by atoms with Crippen molar-refractivity contribution in [1.29, 1.82) is 0 Å². The zero-order valence-corrected chi connectivity index (χ0v) is 16.2. The maximum Gasteiger partial charge on any atom is 0.127 e. The first-order valence-corrected chi connectivity index (χ1v) is 9.43. The first-order chi connectivity index (χ1) is 13.7. The van der Waals surface area contributed by atoms with Gasteiger partial charge in [-0.3, -0.25) is 0 Å². The Bertz CT molecular complexity index is 1060. The molecule has 28 heavy (non-hydrogen) atoms. The lowest BCUT2D eigenvalue weighted by molar-refractivity contribution is 0.483. The second-order valence-electron chi connectivity index (χ2n) is 6.38. The molecule has 0 fully saturated rings. The highest BCUT2D eigenvalue weighted by molar-refractivity contribution is 6.30. The zero-order valence-electron chi connectivity index (χ0n) is 15.5. The van der Waals surface area contributed by atoms with Gasteiger partial charge < -0.3 is 10.1 Å². The molecule has 140 valence electrons. The molecule has 0 radical (unpaired) electrons. The van der Waals surface area contributed by atoms with Crippen LogP contribution in [0.2, 0.25) is 5.02 Å². The van der Waals surface area contributed by atoms with Crippen LogP contribution in [0.5, 0.6) is 11.5 Å². The predicted octanol–water partition coefficient (Wildman–Crippen LogP) is 5.70. The van der Waals surface area contributed by atoms with E-state index in [0.29, 0.717) is 11.6 Å². The number of aromatic nitrogens is 2. The van der Waals surface area contributed by atoms with Gasteiger partial charge in [-0.1, -0.05) is 35.9 Å². The first-order valence-electron chi connectivity index (χ1n) is 9.06. The van der Waals surface area contributed by atoms with Gasteiger partial charge in [-0.25, -0.2) is 4.68 Å². The number of ether oxygens (including phenoxy) is 1. The molecular formula is C23H20ClN3O. The predicted molar refractivity (Wildman–Crippen MR) is 113 cm³/mol. The Kier molecular flexibility index (Phi) is 5.42. The van der Waals surface area contributed by atoms with E-state index < -0.39 is 0 Å². The molecule has 1 heterocycles. The van der Waals surface area contributed by atoms with Crippen LogP contribution in [-0.4, -0.2) is 16.8 Å². The van der Waals surface area contributed by atoms with Crippen molar-refractivity contribution in [2.75, 3.05) is 7.05 Å². The molecule has 0 aliphatic carbocycles. The summed E-state index contributed by atoms with van der Waals surface area (Å²) in [5, 5.41) is 8.58. The van der Waals surface area contributed by atoms with Gasteiger partial charge in [-0.15, -0.1) is 0 Å². The summed E-state index contributed by atoms with van der Waals surface area (Å²) in [4.78, 5) is 0. The van der Waals surface area contributed by atoms with E-state index >= 15 is 0 Å². The van der Waals surface area contributed by atoms with Gasteiger partial charge in [0.15, 0.2) is 0 Å². The molecule has 4 rings (SSSR count). The van der Waals surface area contributed by atoms with Crippen LogP contribution in [0.3, 0.4) is 0 Å². The van der Waals surface area contributed by atoms with Crippen molar-refractivity contribution >= 4 is 11.6 Å². The minimum atomic E-state index is 0.681. The Morgan fingerprint density at radius 1 is 0.893 bits per heavy atom. The SMILES string of the molecule is CNCc1cc(-c2ccc(Oc3ccccc3)cc2)n(-c2cccc(Cl)c2)n1. The van der Waals surface area contributed by atoms with Crippen LogP contribution >= 0.6 is 11.6 Å². The molecule has 0 saturated heterocycles. The standard InChI is InChI=1S/C23H20ClN3O/c1-25-16-19-15-23(27(26-19)20-7-5-6-18(24)14-20)17-10-12-22(13-11-17)28-21-8-3-2-4-9-21/h2-15,25H,16H2,1H3. The Morgan fingerprint density at radius 3 is 2.36 bits per heavy atom. The highest BCUT2D eigenvalue weighted by Gasteiger charge is 2.12. The van der Waals surface area contributed by atoms with E-state index in [1.54, 1.807) is 0 Å². The molecule has 5 heteroatoms. The minimum absolute atomic E-state index is 0.681. The van der Waals surface area contributed by atoms with Crippen LogP contribution in [0, 0.1) is 0 Å². The summed E-state index contributed by atoms with van der Waals surface area (Å²) in [5.74, 6) is 1.61. The summed E-state index contributed by atoms with van der Waals surface area (Å²) >= 11 is 6.19. The number of halogens is 1. The number of para-hydroxylation sites is 1. The fourth-order valence-corrected chi connectivity index (χ4v) is 3.21. The molecule has 0 saturated carbocycles. The Hall–Kier alpha value is -3.08. The van der Waals surface area contributed by atoms with Crippen molar-refractivity contribution in [2.45, 2.75) is 6.54 Å². The fourth-order valence-electron chi connectivity index (χ4n) is 3.03. The van der Waals surface area contributed by atoms with Crippen molar-refractivity contribution in [3.05, 3.63) is 95.6 Å². The number of nitrogens with zero attached hydrogens (tertiary/aromatic N) is 2. The summed E-state index contributed by atoms with van der Waals surface area (Å²) in [6, 6.07) is 27.6. The third kappa shape index (κ3) is 4.09. The van der Waals surface area contributed by atoms with Gasteiger partial charge >= 0.3 is 0 Å². The van der Waals surface area contributed by atoms with Gasteiger partial charge in [0, 0.05) is 17.1 Å². The van der Waals surface area contributed by atoms with Crippen molar-refractivity contribution < 1.29 is 4.74 Å². The second kappa shape index (κ2) is 8.30. The second-order valence-corrected chi connectivity index (χ2v) is 6.82. The van der Waals surface area contributed by atoms with Gasteiger partial charge in [0.25, 0.3) is 0 Å². The third-order valence-electron chi connectivity index (χ3n) is 4.30. The van der Waals surface area contributed by atoms with Gasteiger partial charge in [0.05, 0.1) is 17.1 Å². The van der Waals surface area contributed by atoms with Crippen LogP contribution in [0.4, 0.5) is 0 Å². The van der Waals surface area contributed by atoms with Crippen LogP contribution in [0.1, 0.15) is 5.69 Å². The average molecular weight is 390 g/mol. The van der Waals surface area contributed by atoms with E-state index in [-0.39, 0.29) is 0 Å². The number of hydrogen-bond acceptors (Lipinski definition) is 3. The number of hydrogen-bond donors (Lipinski definition) is 1. The van der Waals surface area contributed by atoms with Crippen molar-refractivity contribution in [3.63, 3.8) is 0 Å². The average Bonchev–Trinajstić information content (AvgIpc) is 3.14. The van der Waals surface area contributed by atoms with E-state index in [0.717, 1.165) is 34.1 Å². The van der Waals surface area contributed by atoms with E-state index in [4.69, 9.17) is 21.4 Å². The summed E-state index contributed by atoms with van der Waals surface area (Å²) < 4.78 is 7.82. The van der Waals surface area contributed by atoms with Crippen LogP contribution in [0.15, 0.2) is 84.9 Å². The highest BCUT2D eigenvalue weighted by Crippen LogP contribution is 2.28. The van der Waals surface area contributed by atoms with Crippen molar-refractivity contribution in [1.82, 2.24) is 15.1 Å². The molecule has 0 bridgehead atoms. The number of benzene rings is 3. The van der Waals surface area contributed by atoms with Crippen molar-refractivity contribution in [3.8, 4) is 28.4 Å². The van der Waals surface area contributed by atoms with Crippen LogP contribution in [-0.2, 0) is 6.54 Å². The monoisotopic (exact) mass is 389 g/mol. The largest absolute Gasteiger partial charge is 0.457 e. The van der Waals surface area contributed by atoms with Gasteiger partial charge in [0.2, 0.25) is 0 Å². The van der Waals surface area contributed by atoms with Crippen LogP contribution in [0.25, 0.3) is 16.9 Å². The molecule has 0 aliphatic rings. The van der Waals surface area contributed by atoms with E-state index in [1.165, 1.54) is 0 Å². The Morgan fingerprint density at radius 2 is 1.64 bits per heavy atom. The molecule has 0 aliphatic heterocycles. The molecular weight excluding hydrogens is 370 g/mol. The molecule has 1 aromatic heterocycles. The van der Waals surface area contributed by atoms with Crippen molar-refractivity contribution in [2.24, 2.45) is 0 Å². The maximum absolute atomic E-state index is 6.19. The fraction of sp³-hybridized carbons (Fsp3) is 0.0870. The summed E-state index contributed by atoms with van der Waals surface area (Å²) in [5.41, 5.74) is 3.94. The number of nitrogens with one attached hydrogen (secondary N) is 1. The van der Waals surface area contributed by atoms with Crippen LogP contribution < -0.4 is 10.1 Å². The molecule has 1 N–H and O–H groups in total. The lowest BCUT2D eigenvalue weighted by Gasteiger charge is -2.09. The first kappa shape index (κ1) is 18.3. The molecule has 0 atom stereocenters. The highest BCUT2D eigenvalue weighted by atomic mass is 35.5. The third-order valence-corrected chi connectivity index (χ3v) is 4.53. The lowest BCUT2D eigenvalue weighted by Crippen LogP contribution is -2.06. The molecule has 0 spiro atoms.